The summed E-state index contributed by atoms with van der Waals surface area (Å²) in [5.74, 6) is 0.623. The smallest absolute Gasteiger partial charge is 0.263 e. The first-order valence-electron chi connectivity index (χ1n) is 7.19. The summed E-state index contributed by atoms with van der Waals surface area (Å²) in [4.78, 5) is 13.0. The van der Waals surface area contributed by atoms with Gasteiger partial charge in [0.05, 0.1) is 12.1 Å². The van der Waals surface area contributed by atoms with Crippen LogP contribution in [-0.4, -0.2) is 13.0 Å². The minimum atomic E-state index is -0.154. The maximum atomic E-state index is 12.5. The van der Waals surface area contributed by atoms with Crippen LogP contribution < -0.4 is 10.1 Å². The second kappa shape index (κ2) is 6.60. The van der Waals surface area contributed by atoms with Crippen LogP contribution in [0.5, 0.6) is 5.75 Å². The molecule has 0 saturated carbocycles. The van der Waals surface area contributed by atoms with Crippen molar-refractivity contribution in [1.29, 1.82) is 0 Å². The van der Waals surface area contributed by atoms with Crippen molar-refractivity contribution >= 4 is 38.9 Å². The van der Waals surface area contributed by atoms with Crippen molar-refractivity contribution in [2.75, 3.05) is 7.11 Å². The Balaban J connectivity index is 1.80. The predicted molar refractivity (Wildman–Crippen MR) is 95.7 cm³/mol. The van der Waals surface area contributed by atoms with Crippen LogP contribution in [0, 0.1) is 6.92 Å². The largest absolute Gasteiger partial charge is 0.497 e. The molecule has 2 aromatic carbocycles. The second-order valence-corrected chi connectivity index (χ2v) is 6.65. The zero-order valence-corrected chi connectivity index (χ0v) is 14.4. The molecule has 3 rings (SSSR count). The van der Waals surface area contributed by atoms with E-state index in [0.29, 0.717) is 16.4 Å². The molecule has 0 unspecified atom stereocenters. The summed E-state index contributed by atoms with van der Waals surface area (Å²) in [7, 11) is 1.63. The fraction of sp³-hybridized carbons (Fsp3) is 0.167. The Morgan fingerprint density at radius 3 is 2.78 bits per heavy atom. The molecule has 1 N–H and O–H groups in total. The number of nitrogens with one attached hydrogen (secondary N) is 1. The molecule has 23 heavy (non-hydrogen) atoms. The first-order chi connectivity index (χ1) is 11.1. The van der Waals surface area contributed by atoms with Gasteiger partial charge in [-0.3, -0.25) is 4.79 Å². The van der Waals surface area contributed by atoms with E-state index in [1.807, 2.05) is 49.4 Å². The molecule has 0 saturated heterocycles. The van der Waals surface area contributed by atoms with Crippen LogP contribution >= 0.6 is 22.9 Å². The van der Waals surface area contributed by atoms with Gasteiger partial charge in [-0.25, -0.2) is 0 Å². The van der Waals surface area contributed by atoms with Gasteiger partial charge in [-0.15, -0.1) is 11.3 Å². The summed E-state index contributed by atoms with van der Waals surface area (Å²) in [6, 6.07) is 13.6. The highest BCUT2D eigenvalue weighted by Gasteiger charge is 2.16. The highest BCUT2D eigenvalue weighted by molar-refractivity contribution is 7.21. The Hall–Kier alpha value is -2.04. The number of halogens is 1. The molecular weight excluding hydrogens is 330 g/mol. The molecular formula is C18H16ClNO2S. The van der Waals surface area contributed by atoms with Gasteiger partial charge in [-0.1, -0.05) is 35.9 Å². The maximum Gasteiger partial charge on any atom is 0.263 e. The highest BCUT2D eigenvalue weighted by atomic mass is 35.5. The second-order valence-electron chi connectivity index (χ2n) is 5.22. The fourth-order valence-electron chi connectivity index (χ4n) is 2.38. The van der Waals surface area contributed by atoms with Gasteiger partial charge in [0.1, 0.15) is 10.6 Å². The van der Waals surface area contributed by atoms with E-state index < -0.39 is 0 Å². The third-order valence-electron chi connectivity index (χ3n) is 3.74. The molecule has 1 aromatic heterocycles. The van der Waals surface area contributed by atoms with Gasteiger partial charge >= 0.3 is 0 Å². The quantitative estimate of drug-likeness (QED) is 0.737. The topological polar surface area (TPSA) is 38.3 Å². The lowest BCUT2D eigenvalue weighted by molar-refractivity contribution is 0.0955. The van der Waals surface area contributed by atoms with Crippen molar-refractivity contribution in [3.63, 3.8) is 0 Å². The number of fused-ring (bicyclic) bond motifs is 1. The number of ether oxygens (including phenoxy) is 1. The molecule has 0 atom stereocenters. The molecule has 0 aliphatic rings. The molecule has 0 radical (unpaired) electrons. The molecule has 0 aliphatic heterocycles. The van der Waals surface area contributed by atoms with Crippen LogP contribution in [0.3, 0.4) is 0 Å². The van der Waals surface area contributed by atoms with Crippen molar-refractivity contribution in [3.05, 3.63) is 63.5 Å². The van der Waals surface area contributed by atoms with Crippen LogP contribution in [-0.2, 0) is 6.54 Å². The van der Waals surface area contributed by atoms with Gasteiger partial charge in [0.15, 0.2) is 0 Å². The minimum absolute atomic E-state index is 0.154. The van der Waals surface area contributed by atoms with Crippen LogP contribution in [0.4, 0.5) is 0 Å². The lowest BCUT2D eigenvalue weighted by Crippen LogP contribution is -2.22. The summed E-state index contributed by atoms with van der Waals surface area (Å²) in [6.45, 7) is 2.44. The zero-order chi connectivity index (χ0) is 16.4. The van der Waals surface area contributed by atoms with E-state index in [-0.39, 0.29) is 5.91 Å². The molecule has 3 nitrogen and oxygen atoms in total. The Morgan fingerprint density at radius 1 is 1.26 bits per heavy atom. The van der Waals surface area contributed by atoms with Gasteiger partial charge in [0, 0.05) is 16.6 Å². The molecule has 0 aliphatic carbocycles. The van der Waals surface area contributed by atoms with Crippen molar-refractivity contribution in [2.45, 2.75) is 13.5 Å². The number of carbonyl (C=O) groups is 1. The standard InChI is InChI=1S/C18H16ClNO2S/c1-11-7-8-13(22-2)9-12(11)10-20-18(21)17-16(19)14-5-3-4-6-15(14)23-17/h3-9H,10H2,1-2H3,(H,20,21). The van der Waals surface area contributed by atoms with E-state index in [1.165, 1.54) is 11.3 Å². The first kappa shape index (κ1) is 15.8. The SMILES string of the molecule is COc1ccc(C)c(CNC(=O)c2sc3ccccc3c2Cl)c1. The van der Waals surface area contributed by atoms with Gasteiger partial charge in [0.2, 0.25) is 0 Å². The number of carbonyl (C=O) groups excluding carboxylic acids is 1. The molecule has 0 spiro atoms. The number of benzene rings is 2. The minimum Gasteiger partial charge on any atom is -0.497 e. The number of methoxy groups -OCH3 is 1. The molecule has 0 bridgehead atoms. The summed E-state index contributed by atoms with van der Waals surface area (Å²) in [5, 5.41) is 4.38. The lowest BCUT2D eigenvalue weighted by atomic mass is 10.1. The summed E-state index contributed by atoms with van der Waals surface area (Å²) in [6.07, 6.45) is 0. The molecule has 118 valence electrons. The van der Waals surface area contributed by atoms with Crippen molar-refractivity contribution in [2.24, 2.45) is 0 Å². The number of amides is 1. The van der Waals surface area contributed by atoms with E-state index in [4.69, 9.17) is 16.3 Å². The number of hydrogen-bond acceptors (Lipinski definition) is 3. The first-order valence-corrected chi connectivity index (χ1v) is 8.38. The Labute approximate surface area is 143 Å². The van der Waals surface area contributed by atoms with Crippen LogP contribution in [0.15, 0.2) is 42.5 Å². The van der Waals surface area contributed by atoms with E-state index in [9.17, 15) is 4.79 Å². The van der Waals surface area contributed by atoms with Crippen molar-refractivity contribution in [3.8, 4) is 5.75 Å². The van der Waals surface area contributed by atoms with E-state index in [1.54, 1.807) is 7.11 Å². The monoisotopic (exact) mass is 345 g/mol. The Bertz CT molecular complexity index is 873. The third-order valence-corrected chi connectivity index (χ3v) is 5.41. The fourth-order valence-corrected chi connectivity index (χ4v) is 3.81. The number of thiophene rings is 1. The molecule has 1 heterocycles. The van der Waals surface area contributed by atoms with Crippen molar-refractivity contribution in [1.82, 2.24) is 5.32 Å². The highest BCUT2D eigenvalue weighted by Crippen LogP contribution is 2.35. The molecule has 0 fully saturated rings. The molecule has 3 aromatic rings. The van der Waals surface area contributed by atoms with Gasteiger partial charge in [-0.05, 0) is 36.2 Å². The van der Waals surface area contributed by atoms with Crippen LogP contribution in [0.2, 0.25) is 5.02 Å². The van der Waals surface area contributed by atoms with E-state index >= 15 is 0 Å². The zero-order valence-electron chi connectivity index (χ0n) is 12.9. The maximum absolute atomic E-state index is 12.5. The summed E-state index contributed by atoms with van der Waals surface area (Å²) in [5.41, 5.74) is 2.13. The molecule has 5 heteroatoms. The normalized spacial score (nSPS) is 10.7. The van der Waals surface area contributed by atoms with Gasteiger partial charge < -0.3 is 10.1 Å². The lowest BCUT2D eigenvalue weighted by Gasteiger charge is -2.09. The van der Waals surface area contributed by atoms with Crippen molar-refractivity contribution < 1.29 is 9.53 Å². The van der Waals surface area contributed by atoms with Crippen LogP contribution in [0.1, 0.15) is 20.8 Å². The van der Waals surface area contributed by atoms with E-state index in [0.717, 1.165) is 27.0 Å². The average Bonchev–Trinajstić information content (AvgIpc) is 2.91. The average molecular weight is 346 g/mol. The van der Waals surface area contributed by atoms with Crippen LogP contribution in [0.25, 0.3) is 10.1 Å². The van der Waals surface area contributed by atoms with Gasteiger partial charge in [-0.2, -0.15) is 0 Å². The van der Waals surface area contributed by atoms with Gasteiger partial charge in [0.25, 0.3) is 5.91 Å². The van der Waals surface area contributed by atoms with E-state index in [2.05, 4.69) is 5.32 Å². The number of aryl methyl sites for hydroxylation is 1. The third kappa shape index (κ3) is 3.19. The summed E-state index contributed by atoms with van der Waals surface area (Å²) >= 11 is 7.75. The summed E-state index contributed by atoms with van der Waals surface area (Å²) < 4.78 is 6.24. The Kier molecular flexibility index (Phi) is 4.55. The number of hydrogen-bond donors (Lipinski definition) is 1. The Morgan fingerprint density at radius 2 is 2.04 bits per heavy atom. The predicted octanol–water partition coefficient (Wildman–Crippen LogP) is 4.80. The number of rotatable bonds is 4. The molecule has 1 amide bonds.